The minimum absolute atomic E-state index is 0.00318. The Bertz CT molecular complexity index is 897. The average molecular weight is 628 g/mol. The zero-order valence-corrected chi connectivity index (χ0v) is 26.5. The number of piperazine rings is 1. The topological polar surface area (TPSA) is 178 Å². The monoisotopic (exact) mass is 627 g/mol. The summed E-state index contributed by atoms with van der Waals surface area (Å²) in [6.07, 6.45) is 3.21. The van der Waals surface area contributed by atoms with Crippen molar-refractivity contribution in [1.82, 2.24) is 34.7 Å². The van der Waals surface area contributed by atoms with E-state index in [4.69, 9.17) is 0 Å². The summed E-state index contributed by atoms with van der Waals surface area (Å²) in [7, 11) is 0. The van der Waals surface area contributed by atoms with Crippen molar-refractivity contribution < 1.29 is 39.3 Å². The van der Waals surface area contributed by atoms with Crippen LogP contribution >= 0.6 is 0 Å². The second-order valence-electron chi connectivity index (χ2n) is 12.2. The van der Waals surface area contributed by atoms with Crippen LogP contribution in [0.15, 0.2) is 0 Å². The molecule has 0 aromatic heterocycles. The molecule has 2 heterocycles. The number of nitrogens with one attached hydrogen (secondary N) is 1. The number of carbonyl (C=O) groups excluding carboxylic acids is 2. The van der Waals surface area contributed by atoms with E-state index in [1.54, 1.807) is 19.6 Å². The van der Waals surface area contributed by atoms with Crippen molar-refractivity contribution in [3.8, 4) is 0 Å². The fraction of sp³-hybridized carbons (Fsp3) is 0.828. The Morgan fingerprint density at radius 3 is 1.30 bits per heavy atom. The lowest BCUT2D eigenvalue weighted by molar-refractivity contribution is -0.141. The zero-order chi connectivity index (χ0) is 32.5. The Hall–Kier alpha value is -2.85. The maximum atomic E-state index is 13.3. The van der Waals surface area contributed by atoms with E-state index in [0.29, 0.717) is 97.5 Å². The molecule has 15 nitrogen and oxygen atoms in total. The lowest BCUT2D eigenvalue weighted by atomic mass is 10.1. The standard InChI is InChI=1S/C29H53N7O8/c1-24(2)5-3-4-6-30-25(37)19-31-15-17-36(18-16-31)26(38)20-32-7-9-33(21-27(39)40)11-13-35(23-29(43)44)14-12-34(10-8-32)22-28(41)42/h24H,3-23H2,1-2H3,(H,30,37)(H,39,40)(H,41,42)(H,43,44). The molecule has 252 valence electrons. The third-order valence-electron chi connectivity index (χ3n) is 7.99. The Balaban J connectivity index is 1.92. The van der Waals surface area contributed by atoms with Crippen LogP contribution in [0, 0.1) is 5.92 Å². The van der Waals surface area contributed by atoms with Gasteiger partial charge in [-0.05, 0) is 12.3 Å². The summed E-state index contributed by atoms with van der Waals surface area (Å²) in [5.41, 5.74) is 0. The molecule has 0 spiro atoms. The highest BCUT2D eigenvalue weighted by atomic mass is 16.4. The summed E-state index contributed by atoms with van der Waals surface area (Å²) < 4.78 is 0. The number of aliphatic carboxylic acids is 3. The van der Waals surface area contributed by atoms with Crippen LogP contribution in [0.3, 0.4) is 0 Å². The smallest absolute Gasteiger partial charge is 0.317 e. The van der Waals surface area contributed by atoms with Crippen LogP contribution in [0.5, 0.6) is 0 Å². The van der Waals surface area contributed by atoms with Crippen LogP contribution in [0.25, 0.3) is 0 Å². The van der Waals surface area contributed by atoms with Gasteiger partial charge in [0.15, 0.2) is 0 Å². The first-order valence-electron chi connectivity index (χ1n) is 15.7. The molecule has 2 aliphatic heterocycles. The third kappa shape index (κ3) is 16.3. The first kappa shape index (κ1) is 37.3. The highest BCUT2D eigenvalue weighted by Gasteiger charge is 2.25. The van der Waals surface area contributed by atoms with Crippen molar-refractivity contribution in [3.05, 3.63) is 0 Å². The van der Waals surface area contributed by atoms with Crippen LogP contribution in [0.1, 0.15) is 33.1 Å². The predicted molar refractivity (Wildman–Crippen MR) is 163 cm³/mol. The van der Waals surface area contributed by atoms with Gasteiger partial charge in [-0.3, -0.25) is 48.5 Å². The maximum absolute atomic E-state index is 13.3. The molecule has 0 bridgehead atoms. The van der Waals surface area contributed by atoms with Gasteiger partial charge in [-0.25, -0.2) is 0 Å². The fourth-order valence-electron chi connectivity index (χ4n) is 5.40. The number of carboxylic acid groups (broad SMARTS) is 3. The summed E-state index contributed by atoms with van der Waals surface area (Å²) in [6, 6.07) is 0. The number of rotatable bonds is 15. The molecule has 0 aromatic carbocycles. The largest absolute Gasteiger partial charge is 0.480 e. The van der Waals surface area contributed by atoms with Crippen molar-refractivity contribution >= 4 is 29.7 Å². The van der Waals surface area contributed by atoms with Crippen LogP contribution in [0.2, 0.25) is 0 Å². The van der Waals surface area contributed by atoms with Gasteiger partial charge in [0, 0.05) is 85.1 Å². The number of unbranched alkanes of at least 4 members (excludes halogenated alkanes) is 1. The normalized spacial score (nSPS) is 19.3. The minimum Gasteiger partial charge on any atom is -0.480 e. The lowest BCUT2D eigenvalue weighted by Crippen LogP contribution is -2.54. The second kappa shape index (κ2) is 20.2. The van der Waals surface area contributed by atoms with Crippen molar-refractivity contribution in [2.45, 2.75) is 33.1 Å². The highest BCUT2D eigenvalue weighted by Crippen LogP contribution is 2.07. The van der Waals surface area contributed by atoms with E-state index < -0.39 is 17.9 Å². The van der Waals surface area contributed by atoms with E-state index in [1.165, 1.54) is 0 Å². The van der Waals surface area contributed by atoms with Gasteiger partial charge in [0.1, 0.15) is 0 Å². The van der Waals surface area contributed by atoms with Crippen LogP contribution in [-0.2, 0) is 24.0 Å². The van der Waals surface area contributed by atoms with Crippen molar-refractivity contribution in [2.24, 2.45) is 5.92 Å². The van der Waals surface area contributed by atoms with E-state index in [9.17, 15) is 39.3 Å². The van der Waals surface area contributed by atoms with E-state index >= 15 is 0 Å². The third-order valence-corrected chi connectivity index (χ3v) is 7.99. The number of carboxylic acids is 3. The van der Waals surface area contributed by atoms with Gasteiger partial charge in [0.2, 0.25) is 11.8 Å². The Labute approximate surface area is 260 Å². The molecule has 0 unspecified atom stereocenters. The van der Waals surface area contributed by atoms with Crippen LogP contribution in [-0.4, -0.2) is 192 Å². The van der Waals surface area contributed by atoms with Gasteiger partial charge in [-0.1, -0.05) is 26.7 Å². The lowest BCUT2D eigenvalue weighted by Gasteiger charge is -2.36. The fourth-order valence-corrected chi connectivity index (χ4v) is 5.40. The first-order chi connectivity index (χ1) is 20.9. The quantitative estimate of drug-likeness (QED) is 0.155. The molecule has 2 fully saturated rings. The highest BCUT2D eigenvalue weighted by molar-refractivity contribution is 5.79. The summed E-state index contributed by atoms with van der Waals surface area (Å²) in [6.45, 7) is 9.85. The summed E-state index contributed by atoms with van der Waals surface area (Å²) in [5.74, 6) is -2.39. The molecule has 0 atom stereocenters. The Morgan fingerprint density at radius 2 is 0.909 bits per heavy atom. The molecule has 0 aromatic rings. The van der Waals surface area contributed by atoms with E-state index in [2.05, 4.69) is 19.2 Å². The van der Waals surface area contributed by atoms with Gasteiger partial charge in [-0.2, -0.15) is 0 Å². The summed E-state index contributed by atoms with van der Waals surface area (Å²) >= 11 is 0. The molecule has 0 aliphatic carbocycles. The SMILES string of the molecule is CC(C)CCCCNC(=O)CN1CCN(C(=O)CN2CCN(CC(=O)O)CCN(CC(=O)O)CCN(CC(=O)O)CC2)CC1. The Morgan fingerprint density at radius 1 is 0.545 bits per heavy atom. The second-order valence-corrected chi connectivity index (χ2v) is 12.2. The molecule has 4 N–H and O–H groups in total. The molecule has 0 radical (unpaired) electrons. The average Bonchev–Trinajstić information content (AvgIpc) is 2.93. The molecule has 2 rings (SSSR count). The molecular formula is C29H53N7O8. The zero-order valence-electron chi connectivity index (χ0n) is 26.5. The van der Waals surface area contributed by atoms with Gasteiger partial charge >= 0.3 is 17.9 Å². The van der Waals surface area contributed by atoms with Crippen molar-refractivity contribution in [3.63, 3.8) is 0 Å². The molecule has 2 amide bonds. The molecular weight excluding hydrogens is 574 g/mol. The molecule has 2 saturated heterocycles. The van der Waals surface area contributed by atoms with E-state index in [-0.39, 0.29) is 38.0 Å². The van der Waals surface area contributed by atoms with Crippen LogP contribution < -0.4 is 5.32 Å². The molecule has 44 heavy (non-hydrogen) atoms. The molecule has 15 heteroatoms. The van der Waals surface area contributed by atoms with E-state index in [0.717, 1.165) is 19.3 Å². The Kier molecular flexibility index (Phi) is 17.2. The minimum atomic E-state index is -1.01. The number of amides is 2. The summed E-state index contributed by atoms with van der Waals surface area (Å²) in [4.78, 5) is 70.9. The van der Waals surface area contributed by atoms with Crippen molar-refractivity contribution in [1.29, 1.82) is 0 Å². The van der Waals surface area contributed by atoms with Gasteiger partial charge in [0.05, 0.1) is 32.7 Å². The van der Waals surface area contributed by atoms with Crippen LogP contribution in [0.4, 0.5) is 0 Å². The van der Waals surface area contributed by atoms with Crippen molar-refractivity contribution in [2.75, 3.05) is 118 Å². The van der Waals surface area contributed by atoms with Gasteiger partial charge < -0.3 is 25.5 Å². The molecule has 0 saturated carbocycles. The van der Waals surface area contributed by atoms with E-state index in [1.807, 2.05) is 9.80 Å². The number of nitrogens with zero attached hydrogens (tertiary/aromatic N) is 6. The maximum Gasteiger partial charge on any atom is 0.317 e. The number of carbonyl (C=O) groups is 5. The van der Waals surface area contributed by atoms with Gasteiger partial charge in [-0.15, -0.1) is 0 Å². The summed E-state index contributed by atoms with van der Waals surface area (Å²) in [5, 5.41) is 31.1. The predicted octanol–water partition coefficient (Wildman–Crippen LogP) is -1.45. The first-order valence-corrected chi connectivity index (χ1v) is 15.7. The number of hydrogen-bond acceptors (Lipinski definition) is 10. The number of hydrogen-bond donors (Lipinski definition) is 4. The molecule has 2 aliphatic rings. The van der Waals surface area contributed by atoms with Gasteiger partial charge in [0.25, 0.3) is 0 Å².